The highest BCUT2D eigenvalue weighted by molar-refractivity contribution is 6.62. The lowest BCUT2D eigenvalue weighted by Gasteiger charge is -2.32. The monoisotopic (exact) mass is 363 g/mol. The molecule has 3 aromatic rings. The van der Waals surface area contributed by atoms with Crippen LogP contribution in [0.25, 0.3) is 22.3 Å². The van der Waals surface area contributed by atoms with Crippen LogP contribution in [-0.4, -0.2) is 28.3 Å². The molecule has 0 saturated carbocycles. The molecule has 0 aliphatic carbocycles. The van der Waals surface area contributed by atoms with Crippen LogP contribution in [0, 0.1) is 0 Å². The molecule has 1 fully saturated rings. The quantitative estimate of drug-likeness (QED) is 0.539. The molecule has 4 rings (SSSR count). The lowest BCUT2D eigenvalue weighted by atomic mass is 9.78. The summed E-state index contributed by atoms with van der Waals surface area (Å²) in [5.41, 5.74) is 7.72. The van der Waals surface area contributed by atoms with E-state index in [0.29, 0.717) is 28.0 Å². The SMILES string of the molecule is CC1(C)OB(c2ccc(N)c(-c3nc4ccccc4c(=O)[nH]3)c2)OC1(C)C. The van der Waals surface area contributed by atoms with Gasteiger partial charge in [0.25, 0.3) is 5.56 Å². The van der Waals surface area contributed by atoms with Crippen molar-refractivity contribution in [1.29, 1.82) is 0 Å². The standard InChI is InChI=1S/C20H22BN3O3/c1-19(2)20(3,4)27-21(26-19)12-9-10-15(22)14(11-12)17-23-16-8-6-5-7-13(16)18(25)24-17/h5-11H,22H2,1-4H3,(H,23,24,25). The number of hydrogen-bond acceptors (Lipinski definition) is 5. The van der Waals surface area contributed by atoms with Crippen LogP contribution in [0.3, 0.4) is 0 Å². The molecule has 1 saturated heterocycles. The number of nitrogen functional groups attached to an aromatic ring is 1. The molecule has 27 heavy (non-hydrogen) atoms. The maximum Gasteiger partial charge on any atom is 0.494 e. The van der Waals surface area contributed by atoms with Crippen LogP contribution < -0.4 is 16.8 Å². The highest BCUT2D eigenvalue weighted by Crippen LogP contribution is 2.36. The lowest BCUT2D eigenvalue weighted by molar-refractivity contribution is 0.00578. The molecule has 1 aliphatic rings. The number of nitrogens with two attached hydrogens (primary N) is 1. The third-order valence-electron chi connectivity index (χ3n) is 5.47. The van der Waals surface area contributed by atoms with E-state index in [-0.39, 0.29) is 5.56 Å². The van der Waals surface area contributed by atoms with Gasteiger partial charge < -0.3 is 20.0 Å². The normalized spacial score (nSPS) is 18.1. The Hall–Kier alpha value is -2.64. The number of aromatic nitrogens is 2. The Morgan fingerprint density at radius 2 is 1.70 bits per heavy atom. The minimum atomic E-state index is -0.512. The van der Waals surface area contributed by atoms with Crippen LogP contribution >= 0.6 is 0 Å². The number of anilines is 1. The molecule has 0 bridgehead atoms. The van der Waals surface area contributed by atoms with Gasteiger partial charge in [-0.05, 0) is 57.4 Å². The summed E-state index contributed by atoms with van der Waals surface area (Å²) in [4.78, 5) is 19.8. The van der Waals surface area contributed by atoms with Crippen molar-refractivity contribution in [3.63, 3.8) is 0 Å². The molecule has 0 atom stereocenters. The molecular weight excluding hydrogens is 341 g/mol. The smallest absolute Gasteiger partial charge is 0.399 e. The third kappa shape index (κ3) is 2.93. The molecule has 2 aromatic carbocycles. The van der Waals surface area contributed by atoms with E-state index >= 15 is 0 Å². The van der Waals surface area contributed by atoms with Gasteiger partial charge in [0.1, 0.15) is 5.82 Å². The van der Waals surface area contributed by atoms with Gasteiger partial charge in [-0.15, -0.1) is 0 Å². The molecule has 0 spiro atoms. The second-order valence-electron chi connectivity index (χ2n) is 7.87. The van der Waals surface area contributed by atoms with E-state index in [9.17, 15) is 4.79 Å². The van der Waals surface area contributed by atoms with Crippen LogP contribution in [0.15, 0.2) is 47.3 Å². The number of para-hydroxylation sites is 1. The van der Waals surface area contributed by atoms with Crippen LogP contribution in [0.4, 0.5) is 5.69 Å². The van der Waals surface area contributed by atoms with E-state index < -0.39 is 18.3 Å². The molecule has 7 heteroatoms. The Bertz CT molecular complexity index is 1080. The second-order valence-corrected chi connectivity index (χ2v) is 7.87. The first-order chi connectivity index (χ1) is 12.7. The first-order valence-corrected chi connectivity index (χ1v) is 8.92. The topological polar surface area (TPSA) is 90.2 Å². The number of aromatic amines is 1. The fourth-order valence-corrected chi connectivity index (χ4v) is 3.12. The van der Waals surface area contributed by atoms with Gasteiger partial charge in [-0.1, -0.05) is 18.2 Å². The highest BCUT2D eigenvalue weighted by atomic mass is 16.7. The van der Waals surface area contributed by atoms with Gasteiger partial charge in [-0.2, -0.15) is 0 Å². The Balaban J connectivity index is 1.80. The number of nitrogens with one attached hydrogen (secondary N) is 1. The van der Waals surface area contributed by atoms with Crippen molar-refractivity contribution >= 4 is 29.2 Å². The zero-order valence-electron chi connectivity index (χ0n) is 15.9. The van der Waals surface area contributed by atoms with E-state index in [4.69, 9.17) is 15.0 Å². The summed E-state index contributed by atoms with van der Waals surface area (Å²) in [6.45, 7) is 8.03. The largest absolute Gasteiger partial charge is 0.494 e. The van der Waals surface area contributed by atoms with Crippen molar-refractivity contribution < 1.29 is 9.31 Å². The van der Waals surface area contributed by atoms with Crippen LogP contribution in [-0.2, 0) is 9.31 Å². The Labute approximate surface area is 157 Å². The van der Waals surface area contributed by atoms with Gasteiger partial charge in [0.2, 0.25) is 0 Å². The average molecular weight is 363 g/mol. The number of fused-ring (bicyclic) bond motifs is 1. The van der Waals surface area contributed by atoms with Crippen molar-refractivity contribution in [2.75, 3.05) is 5.73 Å². The minimum absolute atomic E-state index is 0.198. The van der Waals surface area contributed by atoms with Gasteiger partial charge in [-0.3, -0.25) is 4.79 Å². The van der Waals surface area contributed by atoms with E-state index in [1.165, 1.54) is 0 Å². The van der Waals surface area contributed by atoms with E-state index in [1.54, 1.807) is 12.1 Å². The zero-order chi connectivity index (χ0) is 19.4. The summed E-state index contributed by atoms with van der Waals surface area (Å²) in [6.07, 6.45) is 0. The van der Waals surface area contributed by atoms with Crippen LogP contribution in [0.2, 0.25) is 0 Å². The Morgan fingerprint density at radius 3 is 2.41 bits per heavy atom. The Morgan fingerprint density at radius 1 is 1.04 bits per heavy atom. The summed E-state index contributed by atoms with van der Waals surface area (Å²) < 4.78 is 12.2. The Kier molecular flexibility index (Phi) is 3.91. The number of nitrogens with zero attached hydrogens (tertiary/aromatic N) is 1. The number of benzene rings is 2. The molecule has 1 aliphatic heterocycles. The fraction of sp³-hybridized carbons (Fsp3) is 0.300. The molecule has 3 N–H and O–H groups in total. The predicted octanol–water partition coefficient (Wildman–Crippen LogP) is 2.47. The zero-order valence-corrected chi connectivity index (χ0v) is 15.9. The van der Waals surface area contributed by atoms with Gasteiger partial charge >= 0.3 is 7.12 Å². The molecule has 0 radical (unpaired) electrons. The molecule has 1 aromatic heterocycles. The number of H-pyrrole nitrogens is 1. The summed E-state index contributed by atoms with van der Waals surface area (Å²) in [6, 6.07) is 12.7. The van der Waals surface area contributed by atoms with E-state index in [1.807, 2.05) is 58.0 Å². The third-order valence-corrected chi connectivity index (χ3v) is 5.47. The van der Waals surface area contributed by atoms with Gasteiger partial charge in [0, 0.05) is 11.3 Å². The van der Waals surface area contributed by atoms with Crippen molar-refractivity contribution in [1.82, 2.24) is 9.97 Å². The maximum atomic E-state index is 12.4. The minimum Gasteiger partial charge on any atom is -0.399 e. The molecule has 0 amide bonds. The molecular formula is C20H22BN3O3. The molecule has 2 heterocycles. The fourth-order valence-electron chi connectivity index (χ4n) is 3.12. The van der Waals surface area contributed by atoms with Crippen molar-refractivity contribution in [2.24, 2.45) is 0 Å². The summed E-state index contributed by atoms with van der Waals surface area (Å²) >= 11 is 0. The highest BCUT2D eigenvalue weighted by Gasteiger charge is 2.51. The van der Waals surface area contributed by atoms with Gasteiger partial charge in [0.05, 0.1) is 22.1 Å². The first-order valence-electron chi connectivity index (χ1n) is 8.92. The van der Waals surface area contributed by atoms with E-state index in [2.05, 4.69) is 9.97 Å². The summed E-state index contributed by atoms with van der Waals surface area (Å²) in [5.74, 6) is 0.426. The van der Waals surface area contributed by atoms with Gasteiger partial charge in [0.15, 0.2) is 0 Å². The van der Waals surface area contributed by atoms with Crippen molar-refractivity contribution in [3.8, 4) is 11.4 Å². The second kappa shape index (κ2) is 5.94. The van der Waals surface area contributed by atoms with Crippen molar-refractivity contribution in [3.05, 3.63) is 52.8 Å². The summed E-state index contributed by atoms with van der Waals surface area (Å²) in [7, 11) is -0.512. The number of hydrogen-bond donors (Lipinski definition) is 2. The maximum absolute atomic E-state index is 12.4. The molecule has 0 unspecified atom stereocenters. The number of rotatable bonds is 2. The lowest BCUT2D eigenvalue weighted by Crippen LogP contribution is -2.41. The average Bonchev–Trinajstić information content (AvgIpc) is 2.83. The summed E-state index contributed by atoms with van der Waals surface area (Å²) in [5, 5.41) is 0.543. The molecule has 6 nitrogen and oxygen atoms in total. The molecule has 138 valence electrons. The van der Waals surface area contributed by atoms with E-state index in [0.717, 1.165) is 5.46 Å². The van der Waals surface area contributed by atoms with Crippen LogP contribution in [0.5, 0.6) is 0 Å². The first kappa shape index (κ1) is 17.8. The van der Waals surface area contributed by atoms with Gasteiger partial charge in [-0.25, -0.2) is 4.98 Å². The predicted molar refractivity (Wildman–Crippen MR) is 108 cm³/mol. The van der Waals surface area contributed by atoms with Crippen LogP contribution in [0.1, 0.15) is 27.7 Å². The van der Waals surface area contributed by atoms with Crippen molar-refractivity contribution in [2.45, 2.75) is 38.9 Å².